The van der Waals surface area contributed by atoms with Crippen molar-refractivity contribution in [1.82, 2.24) is 0 Å². The van der Waals surface area contributed by atoms with Gasteiger partial charge in [-0.3, -0.25) is 0 Å². The molecule has 1 aromatic carbocycles. The quantitative estimate of drug-likeness (QED) is 0.221. The van der Waals surface area contributed by atoms with Gasteiger partial charge in [0.15, 0.2) is 6.17 Å². The fourth-order valence-corrected chi connectivity index (χ4v) is 2.83. The fraction of sp³-hybridized carbons (Fsp3) is 0.700. The second-order valence-electron chi connectivity index (χ2n) is 6.56. The van der Waals surface area contributed by atoms with E-state index in [2.05, 4.69) is 9.47 Å². The number of benzene rings is 1. The maximum atomic E-state index is 14.7. The molecule has 0 radical (unpaired) electrons. The van der Waals surface area contributed by atoms with Gasteiger partial charge < -0.3 is 14.2 Å². The topological polar surface area (TPSA) is 27.7 Å². The van der Waals surface area contributed by atoms with E-state index in [4.69, 9.17) is 4.74 Å². The highest BCUT2D eigenvalue weighted by Crippen LogP contribution is 2.48. The summed E-state index contributed by atoms with van der Waals surface area (Å²) in [7, 11) is 1.51. The maximum Gasteiger partial charge on any atom is 0.392 e. The van der Waals surface area contributed by atoms with E-state index in [1.165, 1.54) is 0 Å². The van der Waals surface area contributed by atoms with Crippen LogP contribution in [0.2, 0.25) is 0 Å². The van der Waals surface area contributed by atoms with Gasteiger partial charge in [0.2, 0.25) is 0 Å². The highest BCUT2D eigenvalue weighted by atomic mass is 19.3. The lowest BCUT2D eigenvalue weighted by atomic mass is 9.99. The van der Waals surface area contributed by atoms with Crippen molar-refractivity contribution in [1.29, 1.82) is 0 Å². The number of methoxy groups -OCH3 is 2. The second-order valence-corrected chi connectivity index (χ2v) is 6.56. The Balaban J connectivity index is 2.88. The molecule has 0 aliphatic carbocycles. The third-order valence-electron chi connectivity index (χ3n) is 4.57. The fourth-order valence-electron chi connectivity index (χ4n) is 2.83. The average molecular weight is 412 g/mol. The molecule has 0 spiro atoms. The first kappa shape index (κ1) is 24.8. The molecule has 1 atom stereocenters. The summed E-state index contributed by atoms with van der Waals surface area (Å²) >= 11 is 0. The summed E-state index contributed by atoms with van der Waals surface area (Å²) in [6.45, 7) is 1.51. The Labute approximate surface area is 163 Å². The predicted molar refractivity (Wildman–Crippen MR) is 96.4 cm³/mol. The number of alkyl halides is 5. The molecular formula is C20H29F5O3. The highest BCUT2D eigenvalue weighted by molar-refractivity contribution is 5.14. The van der Waals surface area contributed by atoms with E-state index in [0.29, 0.717) is 6.42 Å². The summed E-state index contributed by atoms with van der Waals surface area (Å²) < 4.78 is 86.2. The standard InChI is InChI=1S/C20H29F5O3/c1-4-5-6-10-13-17(21)18(22,23)19(24,25)20(26-2,27-3)28-15-14-16-11-8-7-9-12-16/h7-9,11-12,17H,4-6,10,13-15H2,1-3H3. The molecule has 1 rings (SSSR count). The number of unbranched alkanes of at least 4 members (excludes halogenated alkanes) is 3. The van der Waals surface area contributed by atoms with E-state index >= 15 is 0 Å². The minimum absolute atomic E-state index is 0.0858. The number of rotatable bonds is 14. The van der Waals surface area contributed by atoms with Crippen molar-refractivity contribution < 1.29 is 36.2 Å². The van der Waals surface area contributed by atoms with Gasteiger partial charge in [-0.2, -0.15) is 17.6 Å². The molecule has 0 aliphatic heterocycles. The van der Waals surface area contributed by atoms with Gasteiger partial charge in [0.05, 0.1) is 6.61 Å². The number of hydrogen-bond acceptors (Lipinski definition) is 3. The second kappa shape index (κ2) is 11.1. The summed E-state index contributed by atoms with van der Waals surface area (Å²) in [6.07, 6.45) is -1.47. The molecule has 0 N–H and O–H groups in total. The molecule has 0 saturated heterocycles. The van der Waals surface area contributed by atoms with Crippen LogP contribution in [-0.2, 0) is 20.6 Å². The molecule has 0 saturated carbocycles. The smallest absolute Gasteiger partial charge is 0.326 e. The Bertz CT molecular complexity index is 550. The minimum atomic E-state index is -5.05. The molecule has 1 aromatic rings. The lowest BCUT2D eigenvalue weighted by molar-refractivity contribution is -0.475. The van der Waals surface area contributed by atoms with Crippen LogP contribution >= 0.6 is 0 Å². The van der Waals surface area contributed by atoms with Crippen molar-refractivity contribution in [3.8, 4) is 0 Å². The molecule has 0 aromatic heterocycles. The molecule has 1 unspecified atom stereocenters. The third kappa shape index (κ3) is 5.64. The summed E-state index contributed by atoms with van der Waals surface area (Å²) in [5.41, 5.74) is 0.748. The largest absolute Gasteiger partial charge is 0.392 e. The van der Waals surface area contributed by atoms with Crippen LogP contribution in [0.5, 0.6) is 0 Å². The Morgan fingerprint density at radius 2 is 1.54 bits per heavy atom. The van der Waals surface area contributed by atoms with Crippen LogP contribution in [0.1, 0.15) is 44.6 Å². The summed E-state index contributed by atoms with van der Waals surface area (Å²) in [4.78, 5) is 0. The summed E-state index contributed by atoms with van der Waals surface area (Å²) in [5, 5.41) is 0. The van der Waals surface area contributed by atoms with Crippen LogP contribution in [0, 0.1) is 0 Å². The first-order valence-electron chi connectivity index (χ1n) is 9.36. The molecule has 162 valence electrons. The lowest BCUT2D eigenvalue weighted by Gasteiger charge is -2.41. The van der Waals surface area contributed by atoms with Crippen molar-refractivity contribution in [3.63, 3.8) is 0 Å². The molecule has 0 heterocycles. The van der Waals surface area contributed by atoms with Crippen molar-refractivity contribution in [2.75, 3.05) is 20.8 Å². The highest BCUT2D eigenvalue weighted by Gasteiger charge is 2.75. The average Bonchev–Trinajstić information content (AvgIpc) is 2.69. The van der Waals surface area contributed by atoms with Gasteiger partial charge in [0, 0.05) is 14.2 Å². The molecule has 3 nitrogen and oxygen atoms in total. The number of halogens is 5. The maximum absolute atomic E-state index is 14.7. The zero-order valence-electron chi connectivity index (χ0n) is 16.5. The van der Waals surface area contributed by atoms with Crippen LogP contribution in [-0.4, -0.2) is 44.8 Å². The van der Waals surface area contributed by atoms with Crippen LogP contribution in [0.3, 0.4) is 0 Å². The van der Waals surface area contributed by atoms with Crippen molar-refractivity contribution in [2.45, 2.75) is 69.4 Å². The first-order valence-corrected chi connectivity index (χ1v) is 9.36. The van der Waals surface area contributed by atoms with E-state index < -0.39 is 30.4 Å². The van der Waals surface area contributed by atoms with Gasteiger partial charge in [0.25, 0.3) is 0 Å². The predicted octanol–water partition coefficient (Wildman–Crippen LogP) is 5.77. The van der Waals surface area contributed by atoms with Crippen LogP contribution in [0.25, 0.3) is 0 Å². The van der Waals surface area contributed by atoms with Crippen LogP contribution in [0.15, 0.2) is 30.3 Å². The Hall–Kier alpha value is -1.25. The third-order valence-corrected chi connectivity index (χ3v) is 4.57. The van der Waals surface area contributed by atoms with E-state index in [1.807, 2.05) is 6.92 Å². The minimum Gasteiger partial charge on any atom is -0.326 e. The van der Waals surface area contributed by atoms with Crippen LogP contribution in [0.4, 0.5) is 22.0 Å². The zero-order valence-corrected chi connectivity index (χ0v) is 16.5. The summed E-state index contributed by atoms with van der Waals surface area (Å²) in [5.74, 6) is -13.5. The van der Waals surface area contributed by atoms with E-state index in [-0.39, 0.29) is 19.4 Å². The van der Waals surface area contributed by atoms with E-state index in [9.17, 15) is 22.0 Å². The van der Waals surface area contributed by atoms with Crippen LogP contribution < -0.4 is 0 Å². The van der Waals surface area contributed by atoms with Gasteiger partial charge in [-0.1, -0.05) is 62.9 Å². The Morgan fingerprint density at radius 3 is 2.07 bits per heavy atom. The van der Waals surface area contributed by atoms with Crippen molar-refractivity contribution in [2.24, 2.45) is 0 Å². The van der Waals surface area contributed by atoms with E-state index in [1.54, 1.807) is 30.3 Å². The first-order chi connectivity index (χ1) is 13.2. The van der Waals surface area contributed by atoms with Gasteiger partial charge in [-0.05, 0) is 18.4 Å². The molecule has 8 heteroatoms. The SMILES string of the molecule is CCCCCCC(F)C(F)(F)C(F)(F)C(OC)(OC)OCCc1ccccc1. The number of hydrogen-bond donors (Lipinski definition) is 0. The molecule has 0 aliphatic rings. The molecule has 0 amide bonds. The van der Waals surface area contributed by atoms with Crippen molar-refractivity contribution >= 4 is 0 Å². The van der Waals surface area contributed by atoms with Crippen molar-refractivity contribution in [3.05, 3.63) is 35.9 Å². The van der Waals surface area contributed by atoms with Gasteiger partial charge >= 0.3 is 17.8 Å². The molecule has 28 heavy (non-hydrogen) atoms. The Kier molecular flexibility index (Phi) is 9.80. The van der Waals surface area contributed by atoms with Gasteiger partial charge in [-0.15, -0.1) is 0 Å². The lowest BCUT2D eigenvalue weighted by Crippen LogP contribution is -2.65. The molecule has 0 fully saturated rings. The number of ether oxygens (including phenoxy) is 3. The van der Waals surface area contributed by atoms with E-state index in [0.717, 1.165) is 32.6 Å². The monoisotopic (exact) mass is 412 g/mol. The molecule has 0 bridgehead atoms. The van der Waals surface area contributed by atoms with Gasteiger partial charge in [0.1, 0.15) is 0 Å². The zero-order chi connectivity index (χ0) is 21.3. The normalized spacial score (nSPS) is 14.3. The molecular weight excluding hydrogens is 383 g/mol. The Morgan fingerprint density at radius 1 is 0.929 bits per heavy atom. The van der Waals surface area contributed by atoms with Gasteiger partial charge in [-0.25, -0.2) is 4.39 Å². The summed E-state index contributed by atoms with van der Waals surface area (Å²) in [6, 6.07) is 8.71.